The molecule has 0 fully saturated rings. The van der Waals surface area contributed by atoms with Crippen LogP contribution in [0.3, 0.4) is 0 Å². The van der Waals surface area contributed by atoms with Crippen molar-refractivity contribution in [1.82, 2.24) is 0 Å². The van der Waals surface area contributed by atoms with Crippen LogP contribution < -0.4 is 5.32 Å². The summed E-state index contributed by atoms with van der Waals surface area (Å²) < 4.78 is 5.39. The number of carboxylic acid groups (broad SMARTS) is 1. The van der Waals surface area contributed by atoms with Gasteiger partial charge >= 0.3 is 5.97 Å². The van der Waals surface area contributed by atoms with Crippen LogP contribution in [-0.2, 0) is 4.74 Å². The van der Waals surface area contributed by atoms with E-state index in [2.05, 4.69) is 5.32 Å². The van der Waals surface area contributed by atoms with Gasteiger partial charge in [0.25, 0.3) is 5.69 Å². The Labute approximate surface area is 123 Å². The summed E-state index contributed by atoms with van der Waals surface area (Å²) in [5.41, 5.74) is 0.120. The summed E-state index contributed by atoms with van der Waals surface area (Å²) in [6.07, 6.45) is 1.80. The van der Waals surface area contributed by atoms with Crippen LogP contribution in [0.5, 0.6) is 0 Å². The molecule has 0 atom stereocenters. The minimum absolute atomic E-state index is 0.0197. The van der Waals surface area contributed by atoms with E-state index in [1.165, 1.54) is 18.2 Å². The van der Waals surface area contributed by atoms with Crippen molar-refractivity contribution >= 4 is 17.3 Å². The number of unbranched alkanes of at least 4 members (excludes halogenated alkanes) is 1. The van der Waals surface area contributed by atoms with Crippen LogP contribution in [0.15, 0.2) is 18.2 Å². The summed E-state index contributed by atoms with van der Waals surface area (Å²) in [5, 5.41) is 22.7. The van der Waals surface area contributed by atoms with Crippen molar-refractivity contribution in [2.75, 3.05) is 18.5 Å². The third kappa shape index (κ3) is 5.78. The number of carboxylic acids is 1. The smallest absolute Gasteiger partial charge is 0.335 e. The highest BCUT2D eigenvalue weighted by molar-refractivity contribution is 5.90. The number of rotatable bonds is 9. The van der Waals surface area contributed by atoms with Gasteiger partial charge in [-0.2, -0.15) is 0 Å². The molecule has 0 aliphatic carbocycles. The molecule has 1 aromatic carbocycles. The molecule has 1 aromatic rings. The highest BCUT2D eigenvalue weighted by Crippen LogP contribution is 2.25. The highest BCUT2D eigenvalue weighted by atomic mass is 16.6. The van der Waals surface area contributed by atoms with Gasteiger partial charge in [-0.05, 0) is 38.8 Å². The Hall–Kier alpha value is -2.15. The third-order valence-corrected chi connectivity index (χ3v) is 2.78. The molecule has 0 unspecified atom stereocenters. The lowest BCUT2D eigenvalue weighted by Gasteiger charge is -2.09. The van der Waals surface area contributed by atoms with Gasteiger partial charge in [0.1, 0.15) is 5.69 Å². The zero-order chi connectivity index (χ0) is 15.8. The van der Waals surface area contributed by atoms with Gasteiger partial charge < -0.3 is 15.2 Å². The summed E-state index contributed by atoms with van der Waals surface area (Å²) >= 11 is 0. The maximum atomic E-state index is 10.9. The summed E-state index contributed by atoms with van der Waals surface area (Å²) in [4.78, 5) is 21.3. The number of ether oxygens (including phenoxy) is 1. The molecule has 0 bridgehead atoms. The van der Waals surface area contributed by atoms with Crippen LogP contribution in [0.1, 0.15) is 37.0 Å². The van der Waals surface area contributed by atoms with E-state index in [-0.39, 0.29) is 23.0 Å². The second-order valence-electron chi connectivity index (χ2n) is 4.85. The van der Waals surface area contributed by atoms with Gasteiger partial charge in [0.2, 0.25) is 0 Å². The second kappa shape index (κ2) is 8.21. The van der Waals surface area contributed by atoms with Gasteiger partial charge in [0.15, 0.2) is 0 Å². The first-order chi connectivity index (χ1) is 9.91. The van der Waals surface area contributed by atoms with Crippen LogP contribution >= 0.6 is 0 Å². The van der Waals surface area contributed by atoms with Gasteiger partial charge in [0.05, 0.1) is 16.6 Å². The number of nitro benzene ring substituents is 1. The number of anilines is 1. The largest absolute Gasteiger partial charge is 0.478 e. The summed E-state index contributed by atoms with van der Waals surface area (Å²) in [5.74, 6) is -1.11. The fourth-order valence-electron chi connectivity index (χ4n) is 1.74. The van der Waals surface area contributed by atoms with E-state index in [1.54, 1.807) is 0 Å². The number of hydrogen-bond acceptors (Lipinski definition) is 5. The number of carbonyl (C=O) groups is 1. The average Bonchev–Trinajstić information content (AvgIpc) is 2.41. The van der Waals surface area contributed by atoms with Crippen LogP contribution in [0, 0.1) is 10.1 Å². The molecule has 0 spiro atoms. The predicted molar refractivity (Wildman–Crippen MR) is 78.9 cm³/mol. The van der Waals surface area contributed by atoms with Gasteiger partial charge in [-0.15, -0.1) is 0 Å². The van der Waals surface area contributed by atoms with E-state index < -0.39 is 10.9 Å². The van der Waals surface area contributed by atoms with Crippen molar-refractivity contribution in [3.8, 4) is 0 Å². The molecule has 1 rings (SSSR count). The molecule has 0 saturated heterocycles. The van der Waals surface area contributed by atoms with Crippen molar-refractivity contribution < 1.29 is 19.6 Å². The van der Waals surface area contributed by atoms with Crippen molar-refractivity contribution in [2.24, 2.45) is 0 Å². The fourth-order valence-corrected chi connectivity index (χ4v) is 1.74. The Morgan fingerprint density at radius 1 is 1.43 bits per heavy atom. The van der Waals surface area contributed by atoms with Crippen molar-refractivity contribution in [1.29, 1.82) is 0 Å². The fraction of sp³-hybridized carbons (Fsp3) is 0.500. The Kier molecular flexibility index (Phi) is 6.61. The van der Waals surface area contributed by atoms with Gasteiger partial charge in [-0.1, -0.05) is 0 Å². The molecule has 0 aromatic heterocycles. The molecule has 7 nitrogen and oxygen atoms in total. The minimum atomic E-state index is -1.11. The monoisotopic (exact) mass is 296 g/mol. The Bertz CT molecular complexity index is 502. The molecule has 2 N–H and O–H groups in total. The van der Waals surface area contributed by atoms with E-state index >= 15 is 0 Å². The molecule has 0 saturated carbocycles. The molecule has 7 heteroatoms. The molecule has 0 aliphatic rings. The maximum Gasteiger partial charge on any atom is 0.335 e. The first-order valence-corrected chi connectivity index (χ1v) is 6.79. The van der Waals surface area contributed by atoms with E-state index in [9.17, 15) is 14.9 Å². The molecule has 116 valence electrons. The van der Waals surface area contributed by atoms with Crippen LogP contribution in [-0.4, -0.2) is 35.3 Å². The average molecular weight is 296 g/mol. The van der Waals surface area contributed by atoms with E-state index in [4.69, 9.17) is 9.84 Å². The normalized spacial score (nSPS) is 10.6. The first kappa shape index (κ1) is 16.9. The van der Waals surface area contributed by atoms with E-state index in [0.29, 0.717) is 13.2 Å². The van der Waals surface area contributed by atoms with Crippen molar-refractivity contribution in [3.05, 3.63) is 33.9 Å². The van der Waals surface area contributed by atoms with Crippen molar-refractivity contribution in [2.45, 2.75) is 32.8 Å². The molecule has 0 amide bonds. The number of nitrogens with one attached hydrogen (secondary N) is 1. The number of hydrogen-bond donors (Lipinski definition) is 2. The maximum absolute atomic E-state index is 10.9. The number of benzene rings is 1. The Balaban J connectivity index is 2.57. The van der Waals surface area contributed by atoms with Crippen molar-refractivity contribution in [3.63, 3.8) is 0 Å². The summed E-state index contributed by atoms with van der Waals surface area (Å²) in [6, 6.07) is 3.71. The zero-order valence-corrected chi connectivity index (χ0v) is 12.2. The van der Waals surface area contributed by atoms with Gasteiger partial charge in [-0.25, -0.2) is 4.79 Å². The lowest BCUT2D eigenvalue weighted by molar-refractivity contribution is -0.384. The topological polar surface area (TPSA) is 102 Å². The molecule has 0 radical (unpaired) electrons. The first-order valence-electron chi connectivity index (χ1n) is 6.79. The quantitative estimate of drug-likeness (QED) is 0.412. The second-order valence-corrected chi connectivity index (χ2v) is 4.85. The van der Waals surface area contributed by atoms with Gasteiger partial charge in [-0.3, -0.25) is 10.1 Å². The Morgan fingerprint density at radius 3 is 2.71 bits per heavy atom. The number of aromatic carboxylic acids is 1. The summed E-state index contributed by atoms with van der Waals surface area (Å²) in [6.45, 7) is 5.07. The number of nitrogens with zero attached hydrogens (tertiary/aromatic N) is 1. The highest BCUT2D eigenvalue weighted by Gasteiger charge is 2.16. The lowest BCUT2D eigenvalue weighted by atomic mass is 10.1. The third-order valence-electron chi connectivity index (χ3n) is 2.78. The van der Waals surface area contributed by atoms with E-state index in [1.807, 2.05) is 13.8 Å². The Morgan fingerprint density at radius 2 is 2.14 bits per heavy atom. The van der Waals surface area contributed by atoms with Crippen LogP contribution in [0.4, 0.5) is 11.4 Å². The lowest BCUT2D eigenvalue weighted by Crippen LogP contribution is -2.09. The molecule has 21 heavy (non-hydrogen) atoms. The number of nitro groups is 1. The zero-order valence-electron chi connectivity index (χ0n) is 12.2. The summed E-state index contributed by atoms with van der Waals surface area (Å²) in [7, 11) is 0. The molecular formula is C14H20N2O5. The standard InChI is InChI=1S/C14H20N2O5/c1-10(2)21-8-4-3-7-15-12-9-11(14(17)18)5-6-13(12)16(19)20/h5-6,9-10,15H,3-4,7-8H2,1-2H3,(H,17,18). The molecular weight excluding hydrogens is 276 g/mol. The molecule has 0 heterocycles. The van der Waals surface area contributed by atoms with Crippen LogP contribution in [0.2, 0.25) is 0 Å². The van der Waals surface area contributed by atoms with Crippen LogP contribution in [0.25, 0.3) is 0 Å². The minimum Gasteiger partial charge on any atom is -0.478 e. The SMILES string of the molecule is CC(C)OCCCCNc1cc(C(=O)O)ccc1[N+](=O)[O-]. The van der Waals surface area contributed by atoms with Gasteiger partial charge in [0, 0.05) is 19.2 Å². The van der Waals surface area contributed by atoms with E-state index in [0.717, 1.165) is 12.8 Å². The molecule has 0 aliphatic heterocycles. The predicted octanol–water partition coefficient (Wildman–Crippen LogP) is 2.91.